The maximum absolute atomic E-state index is 13.1. The van der Waals surface area contributed by atoms with Crippen molar-refractivity contribution in [1.29, 1.82) is 0 Å². The second-order valence-corrected chi connectivity index (χ2v) is 4.44. The predicted molar refractivity (Wildman–Crippen MR) is 66.8 cm³/mol. The molecule has 0 bridgehead atoms. The quantitative estimate of drug-likeness (QED) is 0.919. The number of hydrogen-bond donors (Lipinski definition) is 1. The Kier molecular flexibility index (Phi) is 3.54. The summed E-state index contributed by atoms with van der Waals surface area (Å²) in [4.78, 5) is 24.2. The van der Waals surface area contributed by atoms with Crippen LogP contribution in [0.15, 0.2) is 34.0 Å². The number of aromatic nitrogens is 2. The van der Waals surface area contributed by atoms with Gasteiger partial charge in [-0.3, -0.25) is 14.3 Å². The smallest absolute Gasteiger partial charge is 0.293 e. The minimum absolute atomic E-state index is 0.0442. The minimum Gasteiger partial charge on any atom is -0.293 e. The topological polar surface area (TPSA) is 54.9 Å². The third kappa shape index (κ3) is 2.63. The van der Waals surface area contributed by atoms with Crippen molar-refractivity contribution in [3.8, 4) is 0 Å². The number of hydrogen-bond acceptors (Lipinski definition) is 2. The molecule has 0 fully saturated rings. The molecule has 0 atom stereocenters. The number of aromatic amines is 1. The zero-order chi connectivity index (χ0) is 13.3. The molecule has 0 aliphatic carbocycles. The molecule has 4 nitrogen and oxygen atoms in total. The van der Waals surface area contributed by atoms with E-state index in [0.717, 1.165) is 10.8 Å². The van der Waals surface area contributed by atoms with Gasteiger partial charge in [0.15, 0.2) is 0 Å². The summed E-state index contributed by atoms with van der Waals surface area (Å²) >= 11 is 11.7. The van der Waals surface area contributed by atoms with E-state index >= 15 is 0 Å². The fourth-order valence-electron chi connectivity index (χ4n) is 1.43. The van der Waals surface area contributed by atoms with Gasteiger partial charge in [0.1, 0.15) is 0 Å². The Hall–Kier alpha value is -1.59. The Morgan fingerprint density at radius 1 is 1.28 bits per heavy atom. The molecule has 0 aliphatic heterocycles. The first-order chi connectivity index (χ1) is 8.47. The van der Waals surface area contributed by atoms with Crippen LogP contribution >= 0.6 is 23.2 Å². The number of benzene rings is 1. The van der Waals surface area contributed by atoms with Gasteiger partial charge in [-0.15, -0.1) is 0 Å². The van der Waals surface area contributed by atoms with Crippen molar-refractivity contribution < 1.29 is 4.39 Å². The Bertz CT molecular complexity index is 709. The number of rotatable bonds is 2. The molecule has 1 aromatic carbocycles. The average molecular weight is 289 g/mol. The first kappa shape index (κ1) is 12.9. The molecule has 0 aliphatic rings. The number of nitrogens with one attached hydrogen (secondary N) is 1. The third-order valence-electron chi connectivity index (χ3n) is 2.32. The second kappa shape index (κ2) is 4.96. The fourth-order valence-corrected chi connectivity index (χ4v) is 1.90. The molecule has 0 saturated carbocycles. The highest BCUT2D eigenvalue weighted by Gasteiger charge is 2.07. The van der Waals surface area contributed by atoms with Crippen LogP contribution in [0, 0.1) is 5.82 Å². The lowest BCUT2D eigenvalue weighted by Gasteiger charge is -2.07. The van der Waals surface area contributed by atoms with Gasteiger partial charge in [-0.1, -0.05) is 29.3 Å². The molecule has 94 valence electrons. The van der Waals surface area contributed by atoms with Crippen molar-refractivity contribution in [2.24, 2.45) is 0 Å². The molecule has 1 N–H and O–H groups in total. The molecule has 1 aromatic heterocycles. The number of halogens is 3. The van der Waals surface area contributed by atoms with Crippen molar-refractivity contribution in [2.45, 2.75) is 6.54 Å². The van der Waals surface area contributed by atoms with Crippen LogP contribution in [0.5, 0.6) is 0 Å². The summed E-state index contributed by atoms with van der Waals surface area (Å²) in [5, 5.41) is 0.824. The van der Waals surface area contributed by atoms with E-state index in [2.05, 4.69) is 0 Å². The van der Waals surface area contributed by atoms with Crippen LogP contribution < -0.4 is 11.2 Å². The van der Waals surface area contributed by atoms with Crippen LogP contribution in [0.2, 0.25) is 10.0 Å². The van der Waals surface area contributed by atoms with Gasteiger partial charge >= 0.3 is 5.69 Å². The Labute approximate surface area is 111 Å². The molecule has 0 unspecified atom stereocenters. The minimum atomic E-state index is -1.04. The van der Waals surface area contributed by atoms with Crippen LogP contribution in [0.25, 0.3) is 0 Å². The predicted octanol–water partition coefficient (Wildman–Crippen LogP) is 2.03. The summed E-state index contributed by atoms with van der Waals surface area (Å²) in [7, 11) is 0. The summed E-state index contributed by atoms with van der Waals surface area (Å²) in [6.07, 6.45) is 0.839. The molecule has 18 heavy (non-hydrogen) atoms. The molecule has 2 rings (SSSR count). The summed E-state index contributed by atoms with van der Waals surface area (Å²) in [5.41, 5.74) is -1.15. The fraction of sp³-hybridized carbons (Fsp3) is 0.0909. The first-order valence-corrected chi connectivity index (χ1v) is 5.66. The molecule has 2 aromatic rings. The molecule has 7 heteroatoms. The largest absolute Gasteiger partial charge is 0.328 e. The Morgan fingerprint density at radius 3 is 2.67 bits per heavy atom. The molecule has 1 heterocycles. The van der Waals surface area contributed by atoms with Crippen LogP contribution in [-0.4, -0.2) is 9.55 Å². The molecular weight excluding hydrogens is 282 g/mol. The van der Waals surface area contributed by atoms with Gasteiger partial charge in [-0.25, -0.2) is 4.79 Å². The summed E-state index contributed by atoms with van der Waals surface area (Å²) in [6.45, 7) is 0.0442. The molecule has 0 amide bonds. The van der Waals surface area contributed by atoms with E-state index in [1.165, 1.54) is 6.07 Å². The standard InChI is InChI=1S/C11H7Cl2FN2O2/c12-7-2-1-6(8(13)3-7)4-16-5-9(14)10(17)15-11(16)18/h1-3,5H,4H2,(H,15,17,18). The summed E-state index contributed by atoms with van der Waals surface area (Å²) < 4.78 is 14.1. The zero-order valence-corrected chi connectivity index (χ0v) is 10.4. The van der Waals surface area contributed by atoms with Gasteiger partial charge in [0.05, 0.1) is 12.7 Å². The van der Waals surface area contributed by atoms with Crippen molar-refractivity contribution in [3.05, 3.63) is 66.7 Å². The normalized spacial score (nSPS) is 10.6. The van der Waals surface area contributed by atoms with Crippen LogP contribution in [0.3, 0.4) is 0 Å². The Morgan fingerprint density at radius 2 is 2.00 bits per heavy atom. The van der Waals surface area contributed by atoms with Crippen LogP contribution in [-0.2, 0) is 6.54 Å². The van der Waals surface area contributed by atoms with Crippen LogP contribution in [0.1, 0.15) is 5.56 Å². The molecule has 0 saturated heterocycles. The third-order valence-corrected chi connectivity index (χ3v) is 2.91. The maximum Gasteiger partial charge on any atom is 0.328 e. The van der Waals surface area contributed by atoms with Crippen molar-refractivity contribution >= 4 is 23.2 Å². The number of nitrogens with zero attached hydrogens (tertiary/aromatic N) is 1. The average Bonchev–Trinajstić information content (AvgIpc) is 2.29. The lowest BCUT2D eigenvalue weighted by Crippen LogP contribution is -2.31. The van der Waals surface area contributed by atoms with E-state index in [1.807, 2.05) is 4.98 Å². The van der Waals surface area contributed by atoms with E-state index in [-0.39, 0.29) is 6.54 Å². The number of H-pyrrole nitrogens is 1. The highest BCUT2D eigenvalue weighted by molar-refractivity contribution is 6.35. The lowest BCUT2D eigenvalue weighted by atomic mass is 10.2. The summed E-state index contributed by atoms with van der Waals surface area (Å²) in [6, 6.07) is 4.75. The van der Waals surface area contributed by atoms with Gasteiger partial charge in [-0.05, 0) is 17.7 Å². The molecule has 0 radical (unpaired) electrons. The van der Waals surface area contributed by atoms with Gasteiger partial charge in [-0.2, -0.15) is 4.39 Å². The second-order valence-electron chi connectivity index (χ2n) is 3.60. The van der Waals surface area contributed by atoms with Crippen molar-refractivity contribution in [1.82, 2.24) is 9.55 Å². The van der Waals surface area contributed by atoms with E-state index in [4.69, 9.17) is 23.2 Å². The van der Waals surface area contributed by atoms with Gasteiger partial charge in [0.2, 0.25) is 5.82 Å². The first-order valence-electron chi connectivity index (χ1n) is 4.90. The lowest BCUT2D eigenvalue weighted by molar-refractivity contribution is 0.566. The molecular formula is C11H7Cl2FN2O2. The maximum atomic E-state index is 13.1. The highest BCUT2D eigenvalue weighted by Crippen LogP contribution is 2.21. The molecule has 0 spiro atoms. The Balaban J connectivity index is 2.43. The monoisotopic (exact) mass is 288 g/mol. The van der Waals surface area contributed by atoms with Crippen LogP contribution in [0.4, 0.5) is 4.39 Å². The zero-order valence-electron chi connectivity index (χ0n) is 8.91. The van der Waals surface area contributed by atoms with E-state index < -0.39 is 17.1 Å². The highest BCUT2D eigenvalue weighted by atomic mass is 35.5. The van der Waals surface area contributed by atoms with E-state index in [0.29, 0.717) is 15.6 Å². The summed E-state index contributed by atoms with van der Waals surface area (Å²) in [5.74, 6) is -1.03. The van der Waals surface area contributed by atoms with E-state index in [1.54, 1.807) is 12.1 Å². The van der Waals surface area contributed by atoms with Crippen molar-refractivity contribution in [3.63, 3.8) is 0 Å². The van der Waals surface area contributed by atoms with Gasteiger partial charge < -0.3 is 0 Å². The van der Waals surface area contributed by atoms with Crippen molar-refractivity contribution in [2.75, 3.05) is 0 Å². The van der Waals surface area contributed by atoms with Gasteiger partial charge in [0.25, 0.3) is 5.56 Å². The van der Waals surface area contributed by atoms with E-state index in [9.17, 15) is 14.0 Å². The van der Waals surface area contributed by atoms with Gasteiger partial charge in [0, 0.05) is 10.0 Å². The SMILES string of the molecule is O=c1[nH]c(=O)n(Cc2ccc(Cl)cc2Cl)cc1F.